The van der Waals surface area contributed by atoms with Crippen LogP contribution in [-0.4, -0.2) is 15.6 Å². The van der Waals surface area contributed by atoms with Crippen molar-refractivity contribution in [3.8, 4) is 0 Å². The molecule has 0 fully saturated rings. The van der Waals surface area contributed by atoms with Crippen molar-refractivity contribution in [2.45, 2.75) is 25.9 Å². The Morgan fingerprint density at radius 1 is 1.32 bits per heavy atom. The van der Waals surface area contributed by atoms with Gasteiger partial charge in [-0.25, -0.2) is 8.78 Å². The quantitative estimate of drug-likeness (QED) is 0.818. The van der Waals surface area contributed by atoms with E-state index >= 15 is 0 Å². The van der Waals surface area contributed by atoms with Crippen LogP contribution in [0.3, 0.4) is 0 Å². The van der Waals surface area contributed by atoms with E-state index in [1.165, 1.54) is 23.9 Å². The summed E-state index contributed by atoms with van der Waals surface area (Å²) in [7, 11) is 0. The van der Waals surface area contributed by atoms with Gasteiger partial charge in [0, 0.05) is 18.0 Å². The van der Waals surface area contributed by atoms with Gasteiger partial charge in [-0.05, 0) is 55.0 Å². The van der Waals surface area contributed by atoms with Crippen molar-refractivity contribution < 1.29 is 8.78 Å². The van der Waals surface area contributed by atoms with Gasteiger partial charge in [0.2, 0.25) is 5.95 Å². The van der Waals surface area contributed by atoms with Gasteiger partial charge in [0.25, 0.3) is 5.56 Å². The van der Waals surface area contributed by atoms with E-state index in [0.29, 0.717) is 5.56 Å². The molecule has 0 radical (unpaired) electrons. The number of hydrogen-bond donors (Lipinski definition) is 2. The van der Waals surface area contributed by atoms with Crippen molar-refractivity contribution in [1.82, 2.24) is 14.9 Å². The van der Waals surface area contributed by atoms with Crippen molar-refractivity contribution in [3.63, 3.8) is 0 Å². The molecule has 0 bridgehead atoms. The van der Waals surface area contributed by atoms with Crippen LogP contribution in [0.4, 0.5) is 14.7 Å². The van der Waals surface area contributed by atoms with Crippen molar-refractivity contribution >= 4 is 17.5 Å². The van der Waals surface area contributed by atoms with Crippen LogP contribution in [0.15, 0.2) is 64.4 Å². The highest BCUT2D eigenvalue weighted by molar-refractivity contribution is 6.30. The van der Waals surface area contributed by atoms with E-state index in [1.54, 1.807) is 4.57 Å². The van der Waals surface area contributed by atoms with Gasteiger partial charge in [0.05, 0.1) is 12.6 Å². The number of benzene rings is 1. The van der Waals surface area contributed by atoms with Gasteiger partial charge in [-0.3, -0.25) is 4.79 Å². The summed E-state index contributed by atoms with van der Waals surface area (Å²) < 4.78 is 28.7. The molecule has 4 rings (SSSR count). The lowest BCUT2D eigenvalue weighted by molar-refractivity contribution is 0.577. The van der Waals surface area contributed by atoms with Crippen LogP contribution in [0.1, 0.15) is 18.9 Å². The van der Waals surface area contributed by atoms with Gasteiger partial charge in [0.1, 0.15) is 16.7 Å². The molecule has 0 spiro atoms. The van der Waals surface area contributed by atoms with Crippen molar-refractivity contribution in [3.05, 3.63) is 92.2 Å². The summed E-state index contributed by atoms with van der Waals surface area (Å²) in [5.74, 6) is -1.11. The number of aromatic nitrogens is 2. The van der Waals surface area contributed by atoms with Gasteiger partial charge >= 0.3 is 0 Å². The minimum absolute atomic E-state index is 0.0734. The molecule has 2 aromatic rings. The highest BCUT2D eigenvalue weighted by Gasteiger charge is 2.24. The lowest BCUT2D eigenvalue weighted by Gasteiger charge is -2.24. The molecule has 0 saturated heterocycles. The maximum absolute atomic E-state index is 13.6. The lowest BCUT2D eigenvalue weighted by Crippen LogP contribution is -2.27. The molecular weight excluding hydrogens is 386 g/mol. The number of allylic oxidation sites excluding steroid dienone is 1. The molecule has 2 heterocycles. The predicted octanol–water partition coefficient (Wildman–Crippen LogP) is 3.72. The number of fused-ring (bicyclic) bond motifs is 1. The second kappa shape index (κ2) is 7.24. The first-order valence-corrected chi connectivity index (χ1v) is 9.10. The van der Waals surface area contributed by atoms with Gasteiger partial charge in [-0.15, -0.1) is 0 Å². The smallest absolute Gasteiger partial charge is 0.293 e. The Morgan fingerprint density at radius 3 is 2.82 bits per heavy atom. The molecular formula is C20H17ClF2N4O. The van der Waals surface area contributed by atoms with E-state index in [4.69, 9.17) is 11.6 Å². The van der Waals surface area contributed by atoms with Crippen LogP contribution in [0.5, 0.6) is 0 Å². The van der Waals surface area contributed by atoms with Crippen molar-refractivity contribution in [2.24, 2.45) is 0 Å². The van der Waals surface area contributed by atoms with E-state index in [0.717, 1.165) is 23.8 Å². The molecule has 2 N–H and O–H groups in total. The molecule has 1 atom stereocenters. The Bertz CT molecular complexity index is 1080. The zero-order valence-corrected chi connectivity index (χ0v) is 15.7. The lowest BCUT2D eigenvalue weighted by atomic mass is 9.93. The molecule has 5 nitrogen and oxygen atoms in total. The van der Waals surface area contributed by atoms with Crippen LogP contribution < -0.4 is 16.2 Å². The third-order valence-corrected chi connectivity index (χ3v) is 4.90. The molecule has 1 aliphatic carbocycles. The molecule has 2 aliphatic rings. The van der Waals surface area contributed by atoms with Gasteiger partial charge in [-0.2, -0.15) is 4.98 Å². The first kappa shape index (κ1) is 18.4. The van der Waals surface area contributed by atoms with E-state index in [1.807, 2.05) is 25.3 Å². The second-order valence-electron chi connectivity index (χ2n) is 6.86. The van der Waals surface area contributed by atoms with Crippen LogP contribution in [0.2, 0.25) is 5.02 Å². The van der Waals surface area contributed by atoms with Crippen LogP contribution in [0, 0.1) is 11.6 Å². The number of anilines is 1. The molecule has 8 heteroatoms. The monoisotopic (exact) mass is 402 g/mol. The van der Waals surface area contributed by atoms with Gasteiger partial charge in [-0.1, -0.05) is 17.2 Å². The molecule has 1 aromatic carbocycles. The minimum atomic E-state index is -0.676. The average molecular weight is 403 g/mol. The van der Waals surface area contributed by atoms with E-state index in [2.05, 4.69) is 15.6 Å². The molecule has 1 unspecified atom stereocenters. The Balaban J connectivity index is 1.74. The molecule has 0 saturated carbocycles. The molecule has 1 aliphatic heterocycles. The fourth-order valence-corrected chi connectivity index (χ4v) is 3.59. The summed E-state index contributed by atoms with van der Waals surface area (Å²) in [6.07, 6.45) is 8.14. The molecule has 144 valence electrons. The van der Waals surface area contributed by atoms with Gasteiger partial charge < -0.3 is 15.2 Å². The molecule has 1 aromatic heterocycles. The maximum atomic E-state index is 13.6. The summed E-state index contributed by atoms with van der Waals surface area (Å²) in [6, 6.07) is 3.43. The Labute approximate surface area is 165 Å². The third-order valence-electron chi connectivity index (χ3n) is 4.64. The fourth-order valence-electron chi connectivity index (χ4n) is 3.43. The Hall–Kier alpha value is -2.93. The minimum Gasteiger partial charge on any atom is -0.384 e. The molecule has 28 heavy (non-hydrogen) atoms. The van der Waals surface area contributed by atoms with Crippen molar-refractivity contribution in [1.29, 1.82) is 0 Å². The topological polar surface area (TPSA) is 59.0 Å². The zero-order chi connectivity index (χ0) is 19.8. The first-order chi connectivity index (χ1) is 13.4. The fraction of sp³-hybridized carbons (Fsp3) is 0.200. The maximum Gasteiger partial charge on any atom is 0.293 e. The summed E-state index contributed by atoms with van der Waals surface area (Å²) in [4.78, 5) is 16.0. The Morgan fingerprint density at radius 2 is 2.07 bits per heavy atom. The number of nitrogens with one attached hydrogen (secondary N) is 2. The predicted molar refractivity (Wildman–Crippen MR) is 104 cm³/mol. The van der Waals surface area contributed by atoms with E-state index in [9.17, 15) is 13.6 Å². The summed E-state index contributed by atoms with van der Waals surface area (Å²) >= 11 is 5.95. The van der Waals surface area contributed by atoms with Crippen molar-refractivity contribution in [2.75, 3.05) is 5.32 Å². The standard InChI is InChI=1S/C20H17ClF2N4O/c1-11-4-17-15(2-3-24-17)18(5-11)25-20-26-19(28)16(21)10-27(20)9-12-6-13(22)8-14(23)7-12/h2-3,5-8,10,17,24H,4,9H2,1H3,(H,25,26,28). The summed E-state index contributed by atoms with van der Waals surface area (Å²) in [5, 5.41) is 6.39. The third kappa shape index (κ3) is 3.71. The average Bonchev–Trinajstić information content (AvgIpc) is 3.07. The van der Waals surface area contributed by atoms with Gasteiger partial charge in [0.15, 0.2) is 0 Å². The summed E-state index contributed by atoms with van der Waals surface area (Å²) in [5.41, 5.74) is 2.84. The Kier molecular flexibility index (Phi) is 4.77. The number of halogens is 3. The highest BCUT2D eigenvalue weighted by Crippen LogP contribution is 2.29. The highest BCUT2D eigenvalue weighted by atomic mass is 35.5. The zero-order valence-electron chi connectivity index (χ0n) is 15.0. The first-order valence-electron chi connectivity index (χ1n) is 8.72. The van der Waals surface area contributed by atoms with E-state index < -0.39 is 17.2 Å². The second-order valence-corrected chi connectivity index (χ2v) is 7.27. The largest absolute Gasteiger partial charge is 0.384 e. The van der Waals surface area contributed by atoms with Crippen LogP contribution in [-0.2, 0) is 6.54 Å². The summed E-state index contributed by atoms with van der Waals surface area (Å²) in [6.45, 7) is 2.11. The SMILES string of the molecule is CC1=CC(Nc2nc(=O)c(Cl)cn2Cc2cc(F)cc(F)c2)=C2C=CNC2C1. The van der Waals surface area contributed by atoms with Crippen LogP contribution >= 0.6 is 11.6 Å². The van der Waals surface area contributed by atoms with E-state index in [-0.39, 0.29) is 23.6 Å². The number of hydrogen-bond acceptors (Lipinski definition) is 4. The number of rotatable bonds is 4. The van der Waals surface area contributed by atoms with Crippen LogP contribution in [0.25, 0.3) is 0 Å². The number of nitrogens with zero attached hydrogens (tertiary/aromatic N) is 2. The normalized spacial score (nSPS) is 18.0. The molecule has 0 amide bonds.